The first-order chi connectivity index (χ1) is 12.7. The zero-order valence-electron chi connectivity index (χ0n) is 14.2. The van der Waals surface area contributed by atoms with Crippen LogP contribution >= 0.6 is 12.2 Å². The molecule has 0 atom stereocenters. The van der Waals surface area contributed by atoms with Gasteiger partial charge in [0.25, 0.3) is 0 Å². The quantitative estimate of drug-likeness (QED) is 0.690. The fourth-order valence-corrected chi connectivity index (χ4v) is 2.95. The summed E-state index contributed by atoms with van der Waals surface area (Å²) in [4.78, 5) is 4.24. The van der Waals surface area contributed by atoms with Crippen LogP contribution in [0.2, 0.25) is 0 Å². The predicted octanol–water partition coefficient (Wildman–Crippen LogP) is 3.40. The van der Waals surface area contributed by atoms with Crippen LogP contribution in [0.3, 0.4) is 0 Å². The van der Waals surface area contributed by atoms with Gasteiger partial charge in [0.15, 0.2) is 16.6 Å². The molecule has 0 aliphatic carbocycles. The Morgan fingerprint density at radius 2 is 1.96 bits per heavy atom. The number of hydrogen-bond donors (Lipinski definition) is 2. The van der Waals surface area contributed by atoms with Crippen molar-refractivity contribution >= 4 is 23.0 Å². The highest BCUT2D eigenvalue weighted by Gasteiger charge is 2.13. The van der Waals surface area contributed by atoms with E-state index in [9.17, 15) is 0 Å². The Hall–Kier alpha value is -3.06. The summed E-state index contributed by atoms with van der Waals surface area (Å²) >= 11 is 5.36. The van der Waals surface area contributed by atoms with Gasteiger partial charge in [-0.15, -0.1) is 0 Å². The fraction of sp³-hybridized carbons (Fsp3) is 0.158. The van der Waals surface area contributed by atoms with E-state index in [4.69, 9.17) is 21.7 Å². The van der Waals surface area contributed by atoms with Gasteiger partial charge in [0, 0.05) is 36.4 Å². The molecule has 26 heavy (non-hydrogen) atoms. The second-order valence-electron chi connectivity index (χ2n) is 5.89. The van der Waals surface area contributed by atoms with E-state index in [1.807, 2.05) is 35.9 Å². The number of aromatic nitrogens is 2. The van der Waals surface area contributed by atoms with Crippen molar-refractivity contribution in [1.29, 1.82) is 0 Å². The van der Waals surface area contributed by atoms with Crippen molar-refractivity contribution in [3.63, 3.8) is 0 Å². The van der Waals surface area contributed by atoms with Gasteiger partial charge in [0.05, 0.1) is 0 Å². The Balaban J connectivity index is 1.33. The fourth-order valence-electron chi connectivity index (χ4n) is 2.76. The molecule has 1 aliphatic rings. The topological polar surface area (TPSA) is 60.3 Å². The summed E-state index contributed by atoms with van der Waals surface area (Å²) in [7, 11) is 0. The summed E-state index contributed by atoms with van der Waals surface area (Å²) in [5.74, 6) is 2.44. The highest BCUT2D eigenvalue weighted by molar-refractivity contribution is 7.80. The van der Waals surface area contributed by atoms with Gasteiger partial charge in [-0.3, -0.25) is 0 Å². The van der Waals surface area contributed by atoms with Gasteiger partial charge in [-0.2, -0.15) is 0 Å². The normalized spacial score (nSPS) is 12.0. The highest BCUT2D eigenvalue weighted by Crippen LogP contribution is 2.34. The van der Waals surface area contributed by atoms with Crippen molar-refractivity contribution in [2.24, 2.45) is 0 Å². The molecule has 3 aromatic rings. The number of aryl methyl sites for hydroxylation is 1. The molecule has 0 saturated carbocycles. The molecular weight excluding hydrogens is 348 g/mol. The molecule has 0 amide bonds. The van der Waals surface area contributed by atoms with Gasteiger partial charge in [-0.1, -0.05) is 12.1 Å². The van der Waals surface area contributed by atoms with E-state index in [1.165, 1.54) is 0 Å². The molecule has 7 heteroatoms. The first-order valence-electron chi connectivity index (χ1n) is 8.23. The Kier molecular flexibility index (Phi) is 4.45. The van der Waals surface area contributed by atoms with Crippen LogP contribution in [0.4, 0.5) is 5.69 Å². The molecule has 6 nitrogen and oxygen atoms in total. The van der Waals surface area contributed by atoms with E-state index >= 15 is 0 Å². The summed E-state index contributed by atoms with van der Waals surface area (Å²) < 4.78 is 12.7. The van der Waals surface area contributed by atoms with E-state index in [2.05, 4.69) is 39.9 Å². The number of hydrogen-bond acceptors (Lipinski definition) is 4. The van der Waals surface area contributed by atoms with Crippen LogP contribution in [0.1, 0.15) is 11.4 Å². The number of nitrogens with zero attached hydrogens (tertiary/aromatic N) is 2. The maximum absolute atomic E-state index is 5.37. The zero-order valence-corrected chi connectivity index (χ0v) is 15.0. The lowest BCUT2D eigenvalue weighted by Gasteiger charge is -2.12. The Morgan fingerprint density at radius 1 is 1.15 bits per heavy atom. The van der Waals surface area contributed by atoms with Gasteiger partial charge in [0.1, 0.15) is 5.82 Å². The van der Waals surface area contributed by atoms with E-state index in [-0.39, 0.29) is 6.79 Å². The van der Waals surface area contributed by atoms with E-state index in [0.29, 0.717) is 11.7 Å². The average molecular weight is 366 g/mol. The van der Waals surface area contributed by atoms with Crippen LogP contribution < -0.4 is 20.1 Å². The van der Waals surface area contributed by atoms with Gasteiger partial charge < -0.3 is 24.7 Å². The average Bonchev–Trinajstić information content (AvgIpc) is 3.29. The van der Waals surface area contributed by atoms with Crippen LogP contribution in [-0.4, -0.2) is 21.5 Å². The standard InChI is InChI=1S/C19H18N4O2S/c1-13-20-8-9-23(13)16-5-2-14(3-6-16)11-21-19(26)22-15-4-7-17-18(10-15)25-12-24-17/h2-10H,11-12H2,1H3,(H2,21,22,26). The lowest BCUT2D eigenvalue weighted by Crippen LogP contribution is -2.27. The highest BCUT2D eigenvalue weighted by atomic mass is 32.1. The number of nitrogens with one attached hydrogen (secondary N) is 2. The molecule has 4 rings (SSSR count). The van der Waals surface area contributed by atoms with Crippen molar-refractivity contribution in [2.75, 3.05) is 12.1 Å². The molecule has 0 radical (unpaired) electrons. The summed E-state index contributed by atoms with van der Waals surface area (Å²) in [5, 5.41) is 6.92. The SMILES string of the molecule is Cc1nccn1-c1ccc(CNC(=S)Nc2ccc3c(c2)OCO3)cc1. The Bertz CT molecular complexity index is 937. The third-order valence-electron chi connectivity index (χ3n) is 4.12. The number of ether oxygens (including phenoxy) is 2. The number of thiocarbonyl (C=S) groups is 1. The third-order valence-corrected chi connectivity index (χ3v) is 4.37. The molecule has 1 aliphatic heterocycles. The monoisotopic (exact) mass is 366 g/mol. The second-order valence-corrected chi connectivity index (χ2v) is 6.29. The van der Waals surface area contributed by atoms with Crippen LogP contribution in [0.15, 0.2) is 54.9 Å². The second kappa shape index (κ2) is 7.05. The summed E-state index contributed by atoms with van der Waals surface area (Å²) in [6.45, 7) is 2.88. The molecule has 0 bridgehead atoms. The lowest BCUT2D eigenvalue weighted by molar-refractivity contribution is 0.174. The molecule has 0 unspecified atom stereocenters. The van der Waals surface area contributed by atoms with Gasteiger partial charge in [-0.05, 0) is 49.0 Å². The minimum absolute atomic E-state index is 0.260. The van der Waals surface area contributed by atoms with Crippen molar-refractivity contribution in [2.45, 2.75) is 13.5 Å². The van der Waals surface area contributed by atoms with E-state index in [0.717, 1.165) is 34.3 Å². The van der Waals surface area contributed by atoms with Gasteiger partial charge >= 0.3 is 0 Å². The van der Waals surface area contributed by atoms with Gasteiger partial charge in [-0.25, -0.2) is 4.98 Å². The molecule has 132 valence electrons. The summed E-state index contributed by atoms with van der Waals surface area (Å²) in [5.41, 5.74) is 3.09. The molecule has 2 aromatic carbocycles. The van der Waals surface area contributed by atoms with Crippen molar-refractivity contribution in [1.82, 2.24) is 14.9 Å². The zero-order chi connectivity index (χ0) is 17.9. The van der Waals surface area contributed by atoms with Crippen LogP contribution in [0, 0.1) is 6.92 Å². The minimum atomic E-state index is 0.260. The smallest absolute Gasteiger partial charge is 0.231 e. The van der Waals surface area contributed by atoms with Crippen LogP contribution in [-0.2, 0) is 6.54 Å². The number of benzene rings is 2. The third kappa shape index (κ3) is 3.48. The molecule has 2 heterocycles. The van der Waals surface area contributed by atoms with Crippen molar-refractivity contribution in [3.05, 3.63) is 66.2 Å². The van der Waals surface area contributed by atoms with Crippen molar-refractivity contribution in [3.8, 4) is 17.2 Å². The number of imidazole rings is 1. The molecule has 0 fully saturated rings. The minimum Gasteiger partial charge on any atom is -0.454 e. The van der Waals surface area contributed by atoms with Crippen molar-refractivity contribution < 1.29 is 9.47 Å². The maximum atomic E-state index is 5.37. The number of rotatable bonds is 4. The predicted molar refractivity (Wildman–Crippen MR) is 104 cm³/mol. The number of anilines is 1. The molecule has 0 saturated heterocycles. The van der Waals surface area contributed by atoms with Crippen LogP contribution in [0.5, 0.6) is 11.5 Å². The molecule has 2 N–H and O–H groups in total. The Morgan fingerprint density at radius 3 is 2.73 bits per heavy atom. The van der Waals surface area contributed by atoms with E-state index < -0.39 is 0 Å². The summed E-state index contributed by atoms with van der Waals surface area (Å²) in [6, 6.07) is 13.9. The lowest BCUT2D eigenvalue weighted by atomic mass is 10.2. The Labute approximate surface area is 156 Å². The first-order valence-corrected chi connectivity index (χ1v) is 8.64. The first kappa shape index (κ1) is 16.4. The summed E-state index contributed by atoms with van der Waals surface area (Å²) in [6.07, 6.45) is 3.75. The number of fused-ring (bicyclic) bond motifs is 1. The van der Waals surface area contributed by atoms with Crippen LogP contribution in [0.25, 0.3) is 5.69 Å². The molecular formula is C19H18N4O2S. The van der Waals surface area contributed by atoms with E-state index in [1.54, 1.807) is 6.20 Å². The van der Waals surface area contributed by atoms with Gasteiger partial charge in [0.2, 0.25) is 6.79 Å². The largest absolute Gasteiger partial charge is 0.454 e. The molecule has 1 aromatic heterocycles. The molecule has 0 spiro atoms. The maximum Gasteiger partial charge on any atom is 0.231 e.